The lowest BCUT2D eigenvalue weighted by Crippen LogP contribution is -2.52. The SMILES string of the molecule is CC1CC(=O)N1c1nc(-c2ccc(F)c(Cl)c2)cc(N2CCN(c3ncccc3C(F)(F)F)CC2)n1. The Labute approximate surface area is 209 Å². The zero-order valence-corrected chi connectivity index (χ0v) is 19.9. The van der Waals surface area contributed by atoms with E-state index in [1.165, 1.54) is 35.4 Å². The molecular formula is C24H21ClF4N6O. The number of amides is 1. The molecule has 5 rings (SSSR count). The summed E-state index contributed by atoms with van der Waals surface area (Å²) in [6, 6.07) is 8.16. The summed E-state index contributed by atoms with van der Waals surface area (Å²) in [5.74, 6) is -0.0420. The fourth-order valence-electron chi connectivity index (χ4n) is 4.40. The van der Waals surface area contributed by atoms with Crippen LogP contribution in [-0.2, 0) is 11.0 Å². The third-order valence-electron chi connectivity index (χ3n) is 6.31. The van der Waals surface area contributed by atoms with Crippen LogP contribution in [0.2, 0.25) is 5.02 Å². The molecule has 0 radical (unpaired) electrons. The molecule has 12 heteroatoms. The number of carbonyl (C=O) groups excluding carboxylic acids is 1. The number of aromatic nitrogens is 3. The molecule has 1 unspecified atom stereocenters. The first-order valence-electron chi connectivity index (χ1n) is 11.3. The summed E-state index contributed by atoms with van der Waals surface area (Å²) >= 11 is 5.97. The molecule has 3 aromatic rings. The lowest BCUT2D eigenvalue weighted by atomic mass is 10.1. The van der Waals surface area contributed by atoms with Gasteiger partial charge in [0.25, 0.3) is 0 Å². The van der Waals surface area contributed by atoms with Gasteiger partial charge in [0, 0.05) is 56.5 Å². The number of nitrogens with zero attached hydrogens (tertiary/aromatic N) is 6. The summed E-state index contributed by atoms with van der Waals surface area (Å²) in [5, 5.41) is -0.0629. The molecule has 0 N–H and O–H groups in total. The maximum absolute atomic E-state index is 13.7. The summed E-state index contributed by atoms with van der Waals surface area (Å²) in [4.78, 5) is 30.4. The van der Waals surface area contributed by atoms with E-state index in [2.05, 4.69) is 15.0 Å². The first kappa shape index (κ1) is 24.2. The lowest BCUT2D eigenvalue weighted by molar-refractivity contribution is -0.137. The van der Waals surface area contributed by atoms with Gasteiger partial charge in [0.15, 0.2) is 0 Å². The molecule has 0 aliphatic carbocycles. The Morgan fingerprint density at radius 1 is 1.03 bits per heavy atom. The van der Waals surface area contributed by atoms with E-state index in [9.17, 15) is 22.4 Å². The molecular weight excluding hydrogens is 500 g/mol. The Hall–Kier alpha value is -3.47. The van der Waals surface area contributed by atoms with Crippen LogP contribution in [0, 0.1) is 5.82 Å². The van der Waals surface area contributed by atoms with E-state index >= 15 is 0 Å². The monoisotopic (exact) mass is 520 g/mol. The maximum atomic E-state index is 13.7. The summed E-state index contributed by atoms with van der Waals surface area (Å²) in [5.41, 5.74) is 0.229. The molecule has 2 saturated heterocycles. The van der Waals surface area contributed by atoms with E-state index in [1.807, 2.05) is 11.8 Å². The predicted molar refractivity (Wildman–Crippen MR) is 128 cm³/mol. The smallest absolute Gasteiger partial charge is 0.353 e. The van der Waals surface area contributed by atoms with Crippen molar-refractivity contribution in [2.75, 3.05) is 40.9 Å². The Balaban J connectivity index is 1.45. The van der Waals surface area contributed by atoms with E-state index < -0.39 is 17.6 Å². The van der Waals surface area contributed by atoms with Crippen molar-refractivity contribution in [2.45, 2.75) is 25.6 Å². The lowest BCUT2D eigenvalue weighted by Gasteiger charge is -2.39. The van der Waals surface area contributed by atoms with E-state index in [0.29, 0.717) is 36.6 Å². The molecule has 1 atom stereocenters. The van der Waals surface area contributed by atoms with Gasteiger partial charge in [0.2, 0.25) is 11.9 Å². The molecule has 1 amide bonds. The average molecular weight is 521 g/mol. The van der Waals surface area contributed by atoms with Crippen LogP contribution in [0.3, 0.4) is 0 Å². The summed E-state index contributed by atoms with van der Waals surface area (Å²) in [6.45, 7) is 3.21. The van der Waals surface area contributed by atoms with Gasteiger partial charge in [-0.1, -0.05) is 11.6 Å². The number of hydrogen-bond acceptors (Lipinski definition) is 6. The molecule has 36 heavy (non-hydrogen) atoms. The topological polar surface area (TPSA) is 65.5 Å². The first-order chi connectivity index (χ1) is 17.1. The first-order valence-corrected chi connectivity index (χ1v) is 11.7. The third kappa shape index (κ3) is 4.55. The number of carbonyl (C=O) groups is 1. The van der Waals surface area contributed by atoms with Gasteiger partial charge in [0.05, 0.1) is 16.3 Å². The average Bonchev–Trinajstić information content (AvgIpc) is 2.85. The molecule has 2 aromatic heterocycles. The van der Waals surface area contributed by atoms with Crippen molar-refractivity contribution in [3.63, 3.8) is 0 Å². The van der Waals surface area contributed by atoms with Gasteiger partial charge in [-0.3, -0.25) is 9.69 Å². The Bertz CT molecular complexity index is 1310. The van der Waals surface area contributed by atoms with E-state index in [-0.39, 0.29) is 41.8 Å². The summed E-state index contributed by atoms with van der Waals surface area (Å²) in [6.07, 6.45) is -2.78. The van der Waals surface area contributed by atoms with E-state index in [0.717, 1.165) is 6.07 Å². The molecule has 4 heterocycles. The minimum Gasteiger partial charge on any atom is -0.353 e. The number of rotatable bonds is 4. The molecule has 0 spiro atoms. The van der Waals surface area contributed by atoms with Crippen molar-refractivity contribution in [2.24, 2.45) is 0 Å². The van der Waals surface area contributed by atoms with Crippen molar-refractivity contribution in [3.05, 3.63) is 59.0 Å². The predicted octanol–water partition coefficient (Wildman–Crippen LogP) is 4.80. The van der Waals surface area contributed by atoms with Gasteiger partial charge in [-0.15, -0.1) is 0 Å². The van der Waals surface area contributed by atoms with Crippen molar-refractivity contribution in [1.82, 2.24) is 15.0 Å². The van der Waals surface area contributed by atoms with Crippen molar-refractivity contribution < 1.29 is 22.4 Å². The molecule has 1 aromatic carbocycles. The quantitative estimate of drug-likeness (QED) is 0.364. The van der Waals surface area contributed by atoms with Gasteiger partial charge < -0.3 is 9.80 Å². The van der Waals surface area contributed by atoms with Gasteiger partial charge in [-0.05, 0) is 37.3 Å². The van der Waals surface area contributed by atoms with Gasteiger partial charge in [-0.2, -0.15) is 18.2 Å². The fourth-order valence-corrected chi connectivity index (χ4v) is 4.58. The summed E-state index contributed by atoms with van der Waals surface area (Å²) in [7, 11) is 0. The van der Waals surface area contributed by atoms with Crippen LogP contribution in [0.4, 0.5) is 35.1 Å². The Morgan fingerprint density at radius 3 is 2.39 bits per heavy atom. The molecule has 2 aliphatic heterocycles. The zero-order valence-electron chi connectivity index (χ0n) is 19.1. The summed E-state index contributed by atoms with van der Waals surface area (Å²) < 4.78 is 54.1. The molecule has 2 fully saturated rings. The highest BCUT2D eigenvalue weighted by molar-refractivity contribution is 6.31. The molecule has 7 nitrogen and oxygen atoms in total. The normalized spacial score (nSPS) is 18.4. The second-order valence-corrected chi connectivity index (χ2v) is 9.11. The Kier molecular flexibility index (Phi) is 6.19. The number of hydrogen-bond donors (Lipinski definition) is 0. The minimum atomic E-state index is -4.51. The van der Waals surface area contributed by atoms with Crippen LogP contribution in [0.5, 0.6) is 0 Å². The van der Waals surface area contributed by atoms with Crippen LogP contribution in [0.25, 0.3) is 11.3 Å². The number of alkyl halides is 3. The second kappa shape index (κ2) is 9.20. The van der Waals surface area contributed by atoms with Crippen LogP contribution in [0.15, 0.2) is 42.6 Å². The molecule has 188 valence electrons. The van der Waals surface area contributed by atoms with Crippen LogP contribution in [-0.4, -0.2) is 53.1 Å². The Morgan fingerprint density at radius 2 is 1.75 bits per heavy atom. The largest absolute Gasteiger partial charge is 0.419 e. The van der Waals surface area contributed by atoms with Gasteiger partial charge >= 0.3 is 6.18 Å². The van der Waals surface area contributed by atoms with Crippen molar-refractivity contribution in [3.8, 4) is 11.3 Å². The van der Waals surface area contributed by atoms with Gasteiger partial charge in [0.1, 0.15) is 17.5 Å². The molecule has 2 aliphatic rings. The number of pyridine rings is 1. The van der Waals surface area contributed by atoms with Crippen molar-refractivity contribution in [1.29, 1.82) is 0 Å². The van der Waals surface area contributed by atoms with E-state index in [4.69, 9.17) is 11.6 Å². The van der Waals surface area contributed by atoms with Crippen LogP contribution < -0.4 is 14.7 Å². The number of β-lactam (4-membered cyclic amide) rings is 1. The van der Waals surface area contributed by atoms with Crippen LogP contribution >= 0.6 is 11.6 Å². The highest BCUT2D eigenvalue weighted by atomic mass is 35.5. The standard InChI is InChI=1S/C24H21ClF4N6O/c1-14-11-21(36)35(14)23-31-19(15-4-5-18(26)17(25)12-15)13-20(32-23)33-7-9-34(10-8-33)22-16(24(27,28)29)3-2-6-30-22/h2-6,12-14H,7-11H2,1H3. The minimum absolute atomic E-state index is 0.0629. The zero-order chi connectivity index (χ0) is 25.6. The third-order valence-corrected chi connectivity index (χ3v) is 6.60. The van der Waals surface area contributed by atoms with E-state index in [1.54, 1.807) is 11.0 Å². The maximum Gasteiger partial charge on any atom is 0.419 e. The highest BCUT2D eigenvalue weighted by Crippen LogP contribution is 2.36. The fraction of sp³-hybridized carbons (Fsp3) is 0.333. The second-order valence-electron chi connectivity index (χ2n) is 8.70. The number of halogens is 5. The molecule has 0 saturated carbocycles. The number of anilines is 3. The van der Waals surface area contributed by atoms with Gasteiger partial charge in [-0.25, -0.2) is 14.4 Å². The van der Waals surface area contributed by atoms with Crippen molar-refractivity contribution >= 4 is 35.1 Å². The van der Waals surface area contributed by atoms with Crippen LogP contribution in [0.1, 0.15) is 18.9 Å². The highest BCUT2D eigenvalue weighted by Gasteiger charge is 2.38. The number of benzene rings is 1. The molecule has 0 bridgehead atoms. The number of piperazine rings is 1.